The van der Waals surface area contributed by atoms with Gasteiger partial charge in [-0.25, -0.2) is 13.6 Å². The number of hydrogen-bond acceptors (Lipinski definition) is 24. The first-order valence-electron chi connectivity index (χ1n) is 41.5. The van der Waals surface area contributed by atoms with Gasteiger partial charge < -0.3 is 98.5 Å². The monoisotopic (exact) mass is 1910 g/mol. The molecule has 12 N–H and O–H groups in total. The summed E-state index contributed by atoms with van der Waals surface area (Å²) in [5.41, 5.74) is 7.11. The topological polar surface area (TPSA) is 524 Å². The second-order valence-electron chi connectivity index (χ2n) is 33.8. The molecule has 3 aliphatic rings. The van der Waals surface area contributed by atoms with Crippen LogP contribution in [0.2, 0.25) is 5.02 Å². The number of Topliss-reactive ketones (excluding diaryl/α,β-unsaturated/α-hetero) is 3. The van der Waals surface area contributed by atoms with Crippen LogP contribution < -0.4 is 58.6 Å². The Labute approximate surface area is 777 Å². The number of cyclic esters (lactones) is 2. The van der Waals surface area contributed by atoms with Gasteiger partial charge in [-0.15, -0.1) is 0 Å². The molecule has 3 aliphatic heterocycles. The van der Waals surface area contributed by atoms with Gasteiger partial charge in [0.05, 0.1) is 55.6 Å². The first kappa shape index (κ1) is 114. The first-order valence-corrected chi connectivity index (χ1v) is 41.9. The van der Waals surface area contributed by atoms with E-state index in [-0.39, 0.29) is 115 Å². The van der Waals surface area contributed by atoms with Crippen molar-refractivity contribution < 1.29 is 152 Å². The number of anilines is 4. The van der Waals surface area contributed by atoms with Gasteiger partial charge in [-0.3, -0.25) is 82.0 Å². The van der Waals surface area contributed by atoms with Crippen LogP contribution in [0.1, 0.15) is 195 Å². The van der Waals surface area contributed by atoms with Crippen molar-refractivity contribution in [3.05, 3.63) is 154 Å². The number of amides is 9. The predicted octanol–water partition coefficient (Wildman–Crippen LogP) is 9.24. The van der Waals surface area contributed by atoms with Gasteiger partial charge in [-0.2, -0.15) is 8.78 Å². The number of benzene rings is 4. The number of methoxy groups -OCH3 is 1. The smallest absolute Gasteiger partial charge is 0.411 e. The largest absolute Gasteiger partial charge is 0.481 e. The van der Waals surface area contributed by atoms with E-state index in [1.54, 1.807) is 44.2 Å². The van der Waals surface area contributed by atoms with E-state index < -0.39 is 197 Å². The van der Waals surface area contributed by atoms with E-state index in [0.717, 1.165) is 29.2 Å². The maximum Gasteiger partial charge on any atom is 0.411 e. The number of hydrogen-bond donors (Lipinski definition) is 11. The number of para-hydroxylation sites is 2. The number of pyridine rings is 1. The number of nitrogen functional groups attached to an aromatic ring is 1. The van der Waals surface area contributed by atoms with E-state index in [1.807, 2.05) is 93.5 Å². The van der Waals surface area contributed by atoms with Crippen molar-refractivity contribution in [2.24, 2.45) is 17.3 Å². The molecule has 5 aromatic rings. The Balaban J connectivity index is 0.000000454. The summed E-state index contributed by atoms with van der Waals surface area (Å²) in [5.74, 6) is -21.7. The fourth-order valence-corrected chi connectivity index (χ4v) is 13.6. The average Bonchev–Trinajstić information content (AvgIpc) is 1.57. The van der Waals surface area contributed by atoms with E-state index in [9.17, 15) is 104 Å². The van der Waals surface area contributed by atoms with Crippen LogP contribution >= 0.6 is 11.6 Å². The Hall–Kier alpha value is -12.4. The number of aromatic nitrogens is 1. The standard InChI is InChI=1S/C25H35ClN4O5.C22H21F4N3O8.C22H30N2O6.C20H26N2O6.CH3.V/c1-5-7-19-17(13-20(31)35-19)28-23(33)18-8-6-11-30(18)24(34)21(25(2,3)4)29-22(32)14-9-10-16(27)15(26)12-14;1-3-14(29-6-4-5-12(21(29)34)28-22(35)36-2)20(33)27-13(8-16(31)32)15(30)9-37-19-17(25)10(23)7-11(24)18(19)26;1-6-29-21-16(12-18(26)30-21)24-19(27)13(2)11-17(25)20(28)23-15-10-8-7-9-14(15)22(3,4)5;1-12(18(27)21-13(11-23)10-17(25)26)9-16(24)19(28)22-15-8-6-5-7-14(15)20(2,3)4;;/h9-10,12,17-19,21H,5-8,11,13,27H2,1-4H3,(H,28,33)(H,29,32);4-7,13-14H,3,8-9H2,1-2H3,(H,27,33)(H,28,35)(H,31,32);7-10,13,16,21H,6,11-12H2,1-5H3,(H,23,28)(H,24,27);5-8,11-13H,9-10H2,1-4H3,(H,21,27)(H,22,28)(H,25,26);1H3;/q;;;;-1;/t17-,18?,19-,21+;13-,14-;13-,16?,21?;12-,13+;;/m0011../s1. The Morgan fingerprint density at radius 1 is 0.652 bits per heavy atom. The van der Waals surface area contributed by atoms with E-state index in [4.69, 9.17) is 41.8 Å². The van der Waals surface area contributed by atoms with Crippen molar-refractivity contribution in [2.45, 2.75) is 233 Å². The van der Waals surface area contributed by atoms with Gasteiger partial charge in [0, 0.05) is 85.6 Å². The number of nitrogens with two attached hydrogens (primary N) is 1. The number of likely N-dealkylation sites (tertiary alicyclic amines) is 1. The number of carbonyl (C=O) groups excluding carboxylic acids is 15. The van der Waals surface area contributed by atoms with Crippen molar-refractivity contribution in [1.29, 1.82) is 0 Å². The van der Waals surface area contributed by atoms with Crippen molar-refractivity contribution in [2.75, 3.05) is 48.6 Å². The molecular formula is C90H115ClF4N11O25V-. The third-order valence-corrected chi connectivity index (χ3v) is 20.6. The second-order valence-corrected chi connectivity index (χ2v) is 34.2. The minimum atomic E-state index is -1.92. The quantitative estimate of drug-likeness (QED) is 0.00263. The molecule has 4 heterocycles. The summed E-state index contributed by atoms with van der Waals surface area (Å²) in [6.45, 7) is 25.2. The molecule has 4 aromatic carbocycles. The predicted molar refractivity (Wildman–Crippen MR) is 469 cm³/mol. The minimum absolute atomic E-state index is 0. The normalized spacial score (nSPS) is 16.8. The van der Waals surface area contributed by atoms with Gasteiger partial charge in [-0.1, -0.05) is 144 Å². The van der Waals surface area contributed by atoms with Crippen molar-refractivity contribution >= 4 is 135 Å². The Morgan fingerprint density at radius 2 is 1.18 bits per heavy atom. The van der Waals surface area contributed by atoms with Crippen LogP contribution in [0.3, 0.4) is 0 Å². The van der Waals surface area contributed by atoms with Gasteiger partial charge in [0.1, 0.15) is 54.9 Å². The van der Waals surface area contributed by atoms with Crippen LogP contribution in [0.25, 0.3) is 0 Å². The number of aliphatic carboxylic acids is 2. The average molecular weight is 1910 g/mol. The molecule has 3 unspecified atom stereocenters. The van der Waals surface area contributed by atoms with Crippen LogP contribution in [0.4, 0.5) is 45.1 Å². The zero-order valence-corrected chi connectivity index (χ0v) is 78.2. The fourth-order valence-electron chi connectivity index (χ4n) is 13.5. The summed E-state index contributed by atoms with van der Waals surface area (Å²) in [5, 5.41) is 38.3. The number of carboxylic acid groups (broad SMARTS) is 2. The molecule has 8 rings (SSSR count). The molecule has 42 heteroatoms. The molecule has 9 amide bonds. The number of ether oxygens (including phenoxy) is 5. The molecule has 3 fully saturated rings. The Morgan fingerprint density at radius 3 is 1.68 bits per heavy atom. The van der Waals surface area contributed by atoms with Crippen LogP contribution in [-0.4, -0.2) is 196 Å². The summed E-state index contributed by atoms with van der Waals surface area (Å²) >= 11 is 6.06. The van der Waals surface area contributed by atoms with Gasteiger partial charge >= 0.3 is 30.0 Å². The van der Waals surface area contributed by atoms with Crippen molar-refractivity contribution in [3.8, 4) is 5.75 Å². The van der Waals surface area contributed by atoms with Crippen molar-refractivity contribution in [1.82, 2.24) is 36.1 Å². The molecule has 132 heavy (non-hydrogen) atoms. The van der Waals surface area contributed by atoms with Crippen LogP contribution in [-0.2, 0) is 120 Å². The third-order valence-electron chi connectivity index (χ3n) is 20.3. The SMILES string of the molecule is CCC[C@@H]1OC(=O)C[C@@H]1NC(=O)C1CCCN1C(=O)[C@@H](NC(=O)c1ccc(N)c(Cl)c1)C(C)(C)C.CCOC1OC(=O)CC1NC(=O)[C@H](C)CC(=O)C(=O)Nc1ccccc1C(C)(C)C.CC[C@@H](C(=O)N[C@@H](CC(=O)O)C(=O)COc1c(F)c(F)cc(F)c1F)n1cccc(NC(=O)OC)c1=O.C[C@H](CC(=O)C(=O)Nc1ccccc1C(C)(C)C)C(=O)N[C@H](C=O)CC(=O)O.[CH3-].[V]. The van der Waals surface area contributed by atoms with E-state index in [1.165, 1.54) is 49.2 Å². The number of esters is 2. The van der Waals surface area contributed by atoms with Gasteiger partial charge in [-0.05, 0) is 102 Å². The summed E-state index contributed by atoms with van der Waals surface area (Å²) in [7, 11) is 1.07. The number of ketones is 3. The molecule has 0 spiro atoms. The zero-order valence-electron chi connectivity index (χ0n) is 76.1. The number of aldehydes is 1. The molecule has 11 atom stereocenters. The second kappa shape index (κ2) is 52.0. The van der Waals surface area contributed by atoms with E-state index >= 15 is 0 Å². The van der Waals surface area contributed by atoms with E-state index in [2.05, 4.69) is 52.0 Å². The molecular weight excluding hydrogens is 1800 g/mol. The summed E-state index contributed by atoms with van der Waals surface area (Å²) in [4.78, 5) is 221. The molecule has 1 radical (unpaired) electrons. The van der Waals surface area contributed by atoms with Gasteiger partial charge in [0.15, 0.2) is 23.2 Å². The Bertz CT molecular complexity index is 5050. The molecule has 36 nitrogen and oxygen atoms in total. The number of nitrogens with one attached hydrogen (secondary N) is 8. The van der Waals surface area contributed by atoms with Gasteiger partial charge in [0.2, 0.25) is 59.0 Å². The first-order chi connectivity index (χ1) is 60.8. The molecule has 0 aliphatic carbocycles. The zero-order chi connectivity index (χ0) is 97.7. The van der Waals surface area contributed by atoms with Crippen LogP contribution in [0.5, 0.6) is 5.75 Å². The van der Waals surface area contributed by atoms with Crippen LogP contribution in [0.15, 0.2) is 95.9 Å². The molecule has 0 saturated carbocycles. The number of rotatable bonds is 35. The molecule has 0 bridgehead atoms. The molecule has 1 aromatic heterocycles. The van der Waals surface area contributed by atoms with E-state index in [0.29, 0.717) is 55.8 Å². The minimum Gasteiger partial charge on any atom is -0.481 e. The maximum absolute atomic E-state index is 13.8. The molecule has 3 saturated heterocycles. The molecule has 721 valence electrons. The number of nitrogens with zero attached hydrogens (tertiary/aromatic N) is 2. The van der Waals surface area contributed by atoms with Crippen LogP contribution in [0, 0.1) is 47.9 Å². The summed E-state index contributed by atoms with van der Waals surface area (Å²) in [6, 6.07) is 14.6. The van der Waals surface area contributed by atoms with Crippen molar-refractivity contribution in [3.63, 3.8) is 0 Å². The third kappa shape index (κ3) is 33.8. The maximum atomic E-state index is 13.8. The Kier molecular flexibility index (Phi) is 44.8. The fraction of sp³-hybridized carbons (Fsp3) is 0.478. The van der Waals surface area contributed by atoms with Gasteiger partial charge in [0.25, 0.3) is 23.3 Å². The summed E-state index contributed by atoms with van der Waals surface area (Å²) < 4.78 is 79.8. The summed E-state index contributed by atoms with van der Waals surface area (Å²) in [6.07, 6.45) is -0.0302. The number of carboxylic acids is 2. The number of halogens is 5. The number of carbonyl (C=O) groups is 17.